The lowest BCUT2D eigenvalue weighted by atomic mass is 10.0. The number of carbonyl (C=O) groups excluding carboxylic acids is 3. The first kappa shape index (κ1) is 18.7. The second-order valence-corrected chi connectivity index (χ2v) is 5.80. The van der Waals surface area contributed by atoms with Gasteiger partial charge in [0.05, 0.1) is 12.6 Å². The van der Waals surface area contributed by atoms with Crippen LogP contribution in [0.2, 0.25) is 0 Å². The van der Waals surface area contributed by atoms with Gasteiger partial charge < -0.3 is 19.6 Å². The molecule has 1 aromatic rings. The van der Waals surface area contributed by atoms with E-state index in [0.29, 0.717) is 12.8 Å². The van der Waals surface area contributed by atoms with Crippen LogP contribution >= 0.6 is 0 Å². The summed E-state index contributed by atoms with van der Waals surface area (Å²) < 4.78 is 9.24. The number of amides is 1. The molecule has 1 aromatic carbocycles. The summed E-state index contributed by atoms with van der Waals surface area (Å²) in [6.45, 7) is 3.48. The van der Waals surface area contributed by atoms with Gasteiger partial charge in [0, 0.05) is 6.42 Å². The number of carbonyl (C=O) groups is 3. The maximum Gasteiger partial charge on any atom is 0.508 e. The molecule has 1 rings (SSSR count). The molecule has 0 radical (unpaired) electrons. The van der Waals surface area contributed by atoms with Crippen molar-refractivity contribution in [2.45, 2.75) is 45.3 Å². The quantitative estimate of drug-likeness (QED) is 0.587. The summed E-state index contributed by atoms with van der Waals surface area (Å²) >= 11 is 0. The van der Waals surface area contributed by atoms with Gasteiger partial charge in [-0.05, 0) is 37.8 Å². The van der Waals surface area contributed by atoms with Crippen molar-refractivity contribution >= 4 is 18.3 Å². The summed E-state index contributed by atoms with van der Waals surface area (Å²) in [4.78, 5) is 33.3. The maximum absolute atomic E-state index is 11.7. The van der Waals surface area contributed by atoms with Gasteiger partial charge in [0.25, 0.3) is 0 Å². The fourth-order valence-electron chi connectivity index (χ4n) is 1.91. The third-order valence-electron chi connectivity index (χ3n) is 3.17. The zero-order valence-corrected chi connectivity index (χ0v) is 13.8. The van der Waals surface area contributed by atoms with Gasteiger partial charge in [-0.25, -0.2) is 4.79 Å². The minimum Gasteiger partial charge on any atom is -0.438 e. The van der Waals surface area contributed by atoms with E-state index in [9.17, 15) is 14.4 Å². The maximum atomic E-state index is 11.7. The number of nitrogens with one attached hydrogen (secondary N) is 1. The van der Waals surface area contributed by atoms with Crippen molar-refractivity contribution < 1.29 is 23.9 Å². The first-order chi connectivity index (χ1) is 10.9. The number of rotatable bonds is 8. The monoisotopic (exact) mass is 321 g/mol. The first-order valence-corrected chi connectivity index (χ1v) is 7.42. The van der Waals surface area contributed by atoms with Crippen molar-refractivity contribution in [3.05, 3.63) is 35.4 Å². The van der Waals surface area contributed by atoms with E-state index in [0.717, 1.165) is 23.8 Å². The largest absolute Gasteiger partial charge is 0.508 e. The van der Waals surface area contributed by atoms with E-state index >= 15 is 0 Å². The van der Waals surface area contributed by atoms with E-state index < -0.39 is 11.7 Å². The molecule has 0 atom stereocenters. The van der Waals surface area contributed by atoms with Gasteiger partial charge >= 0.3 is 6.16 Å². The van der Waals surface area contributed by atoms with Crippen molar-refractivity contribution in [2.75, 3.05) is 7.11 Å². The Balaban J connectivity index is 2.34. The average Bonchev–Trinajstić information content (AvgIpc) is 2.53. The average molecular weight is 321 g/mol. The lowest BCUT2D eigenvalue weighted by Gasteiger charge is -2.18. The molecule has 0 bridgehead atoms. The zero-order valence-electron chi connectivity index (χ0n) is 13.8. The second kappa shape index (κ2) is 8.92. The highest BCUT2D eigenvalue weighted by Crippen LogP contribution is 2.10. The highest BCUT2D eigenvalue weighted by atomic mass is 16.7. The predicted molar refractivity (Wildman–Crippen MR) is 84.9 cm³/mol. The van der Waals surface area contributed by atoms with Crippen LogP contribution in [0.1, 0.15) is 37.8 Å². The van der Waals surface area contributed by atoms with Crippen molar-refractivity contribution in [1.82, 2.24) is 5.32 Å². The zero-order chi connectivity index (χ0) is 17.3. The van der Waals surface area contributed by atoms with Gasteiger partial charge in [0.2, 0.25) is 5.91 Å². The summed E-state index contributed by atoms with van der Waals surface area (Å²) in [7, 11) is 1.26. The Kier molecular flexibility index (Phi) is 7.25. The van der Waals surface area contributed by atoms with Crippen LogP contribution in [0.5, 0.6) is 0 Å². The number of hydrogen-bond acceptors (Lipinski definition) is 5. The summed E-state index contributed by atoms with van der Waals surface area (Å²) in [5.41, 5.74) is 1.14. The van der Waals surface area contributed by atoms with Gasteiger partial charge in [0.15, 0.2) is 0 Å². The molecule has 0 aliphatic carbocycles. The molecule has 6 heteroatoms. The van der Waals surface area contributed by atoms with Crippen molar-refractivity contribution in [1.29, 1.82) is 0 Å². The molecule has 0 spiro atoms. The van der Waals surface area contributed by atoms with Crippen LogP contribution < -0.4 is 5.32 Å². The number of methoxy groups -OCH3 is 1. The molecule has 1 amide bonds. The van der Waals surface area contributed by atoms with Crippen LogP contribution in [-0.2, 0) is 32.1 Å². The summed E-state index contributed by atoms with van der Waals surface area (Å²) in [6.07, 6.45) is 1.83. The molecule has 23 heavy (non-hydrogen) atoms. The molecular weight excluding hydrogens is 298 g/mol. The summed E-state index contributed by atoms with van der Waals surface area (Å²) in [5.74, 6) is -0.134. The van der Waals surface area contributed by atoms with E-state index in [1.54, 1.807) is 13.8 Å². The highest BCUT2D eigenvalue weighted by molar-refractivity contribution is 5.81. The van der Waals surface area contributed by atoms with E-state index in [1.165, 1.54) is 7.11 Å². The van der Waals surface area contributed by atoms with Crippen molar-refractivity contribution in [3.63, 3.8) is 0 Å². The number of aryl methyl sites for hydroxylation is 1. The Hall–Kier alpha value is -2.37. The molecule has 6 nitrogen and oxygen atoms in total. The van der Waals surface area contributed by atoms with E-state index in [-0.39, 0.29) is 12.5 Å². The molecule has 0 aliphatic rings. The van der Waals surface area contributed by atoms with Crippen LogP contribution in [0.25, 0.3) is 0 Å². The molecule has 126 valence electrons. The van der Waals surface area contributed by atoms with Crippen LogP contribution in [0.15, 0.2) is 24.3 Å². The van der Waals surface area contributed by atoms with Gasteiger partial charge in [-0.3, -0.25) is 4.79 Å². The number of hydrogen-bond donors (Lipinski definition) is 1. The molecule has 0 aromatic heterocycles. The Morgan fingerprint density at radius 2 is 1.78 bits per heavy atom. The lowest BCUT2D eigenvalue weighted by molar-refractivity contribution is -0.126. The molecule has 0 heterocycles. The summed E-state index contributed by atoms with van der Waals surface area (Å²) in [5, 5.41) is 2.67. The molecule has 1 N–H and O–H groups in total. The second-order valence-electron chi connectivity index (χ2n) is 5.80. The SMILES string of the molecule is COC(=O)OCc1ccc(CCCC(=O)NC(C)(C)C=O)cc1. The van der Waals surface area contributed by atoms with E-state index in [2.05, 4.69) is 10.1 Å². The number of ether oxygens (including phenoxy) is 2. The Labute approximate surface area is 136 Å². The van der Waals surface area contributed by atoms with Gasteiger partial charge in [0.1, 0.15) is 12.9 Å². The Morgan fingerprint density at radius 3 is 2.35 bits per heavy atom. The number of aldehydes is 1. The van der Waals surface area contributed by atoms with Crippen LogP contribution in [0.4, 0.5) is 4.79 Å². The normalized spacial score (nSPS) is 10.7. The fourth-order valence-corrected chi connectivity index (χ4v) is 1.91. The van der Waals surface area contributed by atoms with Crippen molar-refractivity contribution in [3.8, 4) is 0 Å². The van der Waals surface area contributed by atoms with Gasteiger partial charge in [-0.15, -0.1) is 0 Å². The minimum absolute atomic E-state index is 0.134. The predicted octanol–water partition coefficient (Wildman–Crippen LogP) is 2.39. The van der Waals surface area contributed by atoms with Crippen LogP contribution in [0.3, 0.4) is 0 Å². The van der Waals surface area contributed by atoms with E-state index in [4.69, 9.17) is 4.74 Å². The molecule has 0 aliphatic heterocycles. The molecule has 0 unspecified atom stereocenters. The Morgan fingerprint density at radius 1 is 1.17 bits per heavy atom. The van der Waals surface area contributed by atoms with Gasteiger partial charge in [-0.2, -0.15) is 0 Å². The minimum atomic E-state index is -0.821. The van der Waals surface area contributed by atoms with E-state index in [1.807, 2.05) is 24.3 Å². The molecular formula is C17H23NO5. The molecule has 0 fully saturated rings. The topological polar surface area (TPSA) is 81.7 Å². The van der Waals surface area contributed by atoms with Gasteiger partial charge in [-0.1, -0.05) is 24.3 Å². The lowest BCUT2D eigenvalue weighted by Crippen LogP contribution is -2.44. The summed E-state index contributed by atoms with van der Waals surface area (Å²) in [6, 6.07) is 7.61. The van der Waals surface area contributed by atoms with Crippen molar-refractivity contribution in [2.24, 2.45) is 0 Å². The standard InChI is InChI=1S/C17H23NO5/c1-17(2,12-19)18-15(20)6-4-5-13-7-9-14(10-8-13)11-23-16(21)22-3/h7-10,12H,4-6,11H2,1-3H3,(H,18,20). The molecule has 0 saturated carbocycles. The third kappa shape index (κ3) is 7.44. The highest BCUT2D eigenvalue weighted by Gasteiger charge is 2.18. The Bertz CT molecular complexity index is 536. The smallest absolute Gasteiger partial charge is 0.438 e. The fraction of sp³-hybridized carbons (Fsp3) is 0.471. The van der Waals surface area contributed by atoms with Crippen LogP contribution in [-0.4, -0.2) is 31.0 Å². The third-order valence-corrected chi connectivity index (χ3v) is 3.17. The van der Waals surface area contributed by atoms with Crippen LogP contribution in [0, 0.1) is 0 Å². The first-order valence-electron chi connectivity index (χ1n) is 7.42. The molecule has 0 saturated heterocycles. The number of benzene rings is 1.